The van der Waals surface area contributed by atoms with Gasteiger partial charge in [-0.15, -0.1) is 0 Å². The number of aryl methyl sites for hydroxylation is 1. The van der Waals surface area contributed by atoms with Crippen molar-refractivity contribution < 1.29 is 18.3 Å². The molecule has 0 bridgehead atoms. The molecule has 0 spiro atoms. The van der Waals surface area contributed by atoms with Gasteiger partial charge in [0.15, 0.2) is 9.84 Å². The second-order valence-corrected chi connectivity index (χ2v) is 7.56. The summed E-state index contributed by atoms with van der Waals surface area (Å²) in [5.74, 6) is -1.17. The van der Waals surface area contributed by atoms with Crippen LogP contribution >= 0.6 is 11.6 Å². The number of benzene rings is 2. The molecule has 6 heteroatoms. The largest absolute Gasteiger partial charge is 0.481 e. The smallest absolute Gasteiger partial charge is 0.305 e. The van der Waals surface area contributed by atoms with Gasteiger partial charge in [0.05, 0.1) is 11.3 Å². The van der Waals surface area contributed by atoms with Crippen LogP contribution in [0.3, 0.4) is 0 Å². The van der Waals surface area contributed by atoms with E-state index in [1.807, 2.05) is 6.92 Å². The molecule has 116 valence electrons. The van der Waals surface area contributed by atoms with Gasteiger partial charge < -0.3 is 5.11 Å². The van der Waals surface area contributed by atoms with Gasteiger partial charge in [-0.2, -0.15) is 0 Å². The highest BCUT2D eigenvalue weighted by molar-refractivity contribution is 7.91. The van der Waals surface area contributed by atoms with E-state index in [-0.39, 0.29) is 4.90 Å². The minimum absolute atomic E-state index is 0.110. The molecule has 0 aromatic heterocycles. The van der Waals surface area contributed by atoms with Gasteiger partial charge in [-0.25, -0.2) is 8.42 Å². The molecule has 2 aromatic rings. The highest BCUT2D eigenvalue weighted by Gasteiger charge is 2.31. The second kappa shape index (κ2) is 6.50. The molecule has 22 heavy (non-hydrogen) atoms. The summed E-state index contributed by atoms with van der Waals surface area (Å²) < 4.78 is 25.5. The van der Waals surface area contributed by atoms with E-state index in [0.717, 1.165) is 5.56 Å². The van der Waals surface area contributed by atoms with Crippen LogP contribution in [0.4, 0.5) is 0 Å². The lowest BCUT2D eigenvalue weighted by molar-refractivity contribution is -0.137. The zero-order valence-electron chi connectivity index (χ0n) is 11.9. The lowest BCUT2D eigenvalue weighted by atomic mass is 10.1. The fourth-order valence-electron chi connectivity index (χ4n) is 2.13. The first-order valence-corrected chi connectivity index (χ1v) is 8.51. The fourth-order valence-corrected chi connectivity index (χ4v) is 3.98. The number of sulfone groups is 1. The monoisotopic (exact) mass is 338 g/mol. The van der Waals surface area contributed by atoms with E-state index in [1.54, 1.807) is 36.4 Å². The minimum Gasteiger partial charge on any atom is -0.481 e. The summed E-state index contributed by atoms with van der Waals surface area (Å²) in [7, 11) is -3.80. The summed E-state index contributed by atoms with van der Waals surface area (Å²) in [6.07, 6.45) is -0.502. The van der Waals surface area contributed by atoms with Crippen LogP contribution in [-0.2, 0) is 14.6 Å². The van der Waals surface area contributed by atoms with Crippen molar-refractivity contribution >= 4 is 27.4 Å². The number of hydrogen-bond donors (Lipinski definition) is 1. The van der Waals surface area contributed by atoms with Crippen LogP contribution in [0.15, 0.2) is 53.4 Å². The van der Waals surface area contributed by atoms with E-state index in [1.165, 1.54) is 12.1 Å². The Kier molecular flexibility index (Phi) is 4.88. The number of aliphatic carboxylic acids is 1. The quantitative estimate of drug-likeness (QED) is 0.903. The summed E-state index contributed by atoms with van der Waals surface area (Å²) in [5, 5.41) is 8.38. The van der Waals surface area contributed by atoms with Gasteiger partial charge >= 0.3 is 5.97 Å². The zero-order chi connectivity index (χ0) is 16.3. The number of carbonyl (C=O) groups is 1. The number of carboxylic acids is 1. The summed E-state index contributed by atoms with van der Waals surface area (Å²) in [6.45, 7) is 1.85. The van der Waals surface area contributed by atoms with E-state index in [9.17, 15) is 13.2 Å². The summed E-state index contributed by atoms with van der Waals surface area (Å²) >= 11 is 5.81. The number of carboxylic acid groups (broad SMARTS) is 1. The topological polar surface area (TPSA) is 71.4 Å². The normalized spacial score (nSPS) is 12.8. The van der Waals surface area contributed by atoms with Crippen LogP contribution < -0.4 is 0 Å². The molecule has 0 radical (unpaired) electrons. The number of hydrogen-bond acceptors (Lipinski definition) is 3. The molecule has 0 heterocycles. The molecule has 0 saturated heterocycles. The third kappa shape index (κ3) is 3.67. The predicted molar refractivity (Wildman–Crippen MR) is 84.8 cm³/mol. The maximum atomic E-state index is 12.8. The van der Waals surface area contributed by atoms with Gasteiger partial charge in [-0.3, -0.25) is 4.79 Å². The van der Waals surface area contributed by atoms with E-state index in [2.05, 4.69) is 0 Å². The van der Waals surface area contributed by atoms with Crippen molar-refractivity contribution in [1.29, 1.82) is 0 Å². The van der Waals surface area contributed by atoms with Crippen LogP contribution in [-0.4, -0.2) is 19.5 Å². The third-order valence-corrected chi connectivity index (χ3v) is 5.70. The fraction of sp³-hybridized carbons (Fsp3) is 0.188. The molecule has 0 aliphatic heterocycles. The average Bonchev–Trinajstić information content (AvgIpc) is 2.46. The first kappa shape index (κ1) is 16.5. The van der Waals surface area contributed by atoms with Crippen LogP contribution in [0.25, 0.3) is 0 Å². The molecule has 0 fully saturated rings. The van der Waals surface area contributed by atoms with Crippen molar-refractivity contribution in [3.8, 4) is 0 Å². The van der Waals surface area contributed by atoms with E-state index in [0.29, 0.717) is 10.6 Å². The van der Waals surface area contributed by atoms with Gasteiger partial charge in [-0.1, -0.05) is 41.4 Å². The van der Waals surface area contributed by atoms with Crippen molar-refractivity contribution in [2.75, 3.05) is 0 Å². The van der Waals surface area contributed by atoms with Crippen molar-refractivity contribution in [1.82, 2.24) is 0 Å². The van der Waals surface area contributed by atoms with Crippen molar-refractivity contribution in [2.24, 2.45) is 0 Å². The zero-order valence-corrected chi connectivity index (χ0v) is 13.4. The molecule has 2 rings (SSSR count). The minimum atomic E-state index is -3.80. The van der Waals surface area contributed by atoms with Crippen molar-refractivity contribution in [2.45, 2.75) is 23.5 Å². The molecule has 0 saturated carbocycles. The highest BCUT2D eigenvalue weighted by Crippen LogP contribution is 2.32. The molecule has 4 nitrogen and oxygen atoms in total. The standard InChI is InChI=1S/C16H15ClO4S/c1-11-2-8-14(9-3-11)22(20,21)15(10-16(18)19)12-4-6-13(17)7-5-12/h2-9,15H,10H2,1H3,(H,18,19). The second-order valence-electron chi connectivity index (χ2n) is 5.00. The number of halogens is 1. The lowest BCUT2D eigenvalue weighted by Crippen LogP contribution is -2.17. The Balaban J connectivity index is 2.50. The first-order valence-electron chi connectivity index (χ1n) is 6.58. The lowest BCUT2D eigenvalue weighted by Gasteiger charge is -2.17. The Bertz CT molecular complexity index is 765. The molecule has 0 amide bonds. The Labute approximate surface area is 134 Å². The Morgan fingerprint density at radius 3 is 2.14 bits per heavy atom. The Morgan fingerprint density at radius 2 is 1.64 bits per heavy atom. The molecule has 0 aliphatic rings. The molecular weight excluding hydrogens is 324 g/mol. The molecule has 1 atom stereocenters. The third-order valence-electron chi connectivity index (χ3n) is 3.33. The van der Waals surface area contributed by atoms with Gasteiger partial charge in [0.25, 0.3) is 0 Å². The molecular formula is C16H15ClO4S. The highest BCUT2D eigenvalue weighted by atomic mass is 35.5. The summed E-state index contributed by atoms with van der Waals surface area (Å²) in [5.41, 5.74) is 1.34. The Morgan fingerprint density at radius 1 is 1.09 bits per heavy atom. The molecule has 1 unspecified atom stereocenters. The van der Waals surface area contributed by atoms with Gasteiger partial charge in [-0.05, 0) is 36.8 Å². The van der Waals surface area contributed by atoms with E-state index >= 15 is 0 Å². The van der Waals surface area contributed by atoms with Gasteiger partial charge in [0.2, 0.25) is 0 Å². The van der Waals surface area contributed by atoms with Gasteiger partial charge in [0, 0.05) is 5.02 Å². The van der Waals surface area contributed by atoms with Crippen LogP contribution in [0.2, 0.25) is 5.02 Å². The summed E-state index contributed by atoms with van der Waals surface area (Å²) in [4.78, 5) is 11.2. The molecule has 0 aliphatic carbocycles. The maximum Gasteiger partial charge on any atom is 0.305 e. The van der Waals surface area contributed by atoms with Crippen LogP contribution in [0, 0.1) is 6.92 Å². The van der Waals surface area contributed by atoms with Crippen LogP contribution in [0.1, 0.15) is 22.8 Å². The van der Waals surface area contributed by atoms with Gasteiger partial charge in [0.1, 0.15) is 5.25 Å². The van der Waals surface area contributed by atoms with Crippen molar-refractivity contribution in [3.05, 3.63) is 64.7 Å². The van der Waals surface area contributed by atoms with Crippen LogP contribution in [0.5, 0.6) is 0 Å². The molecule has 2 aromatic carbocycles. The predicted octanol–water partition coefficient (Wildman–Crippen LogP) is 3.64. The van der Waals surface area contributed by atoms with E-state index in [4.69, 9.17) is 16.7 Å². The average molecular weight is 339 g/mol. The maximum absolute atomic E-state index is 12.8. The SMILES string of the molecule is Cc1ccc(S(=O)(=O)C(CC(=O)O)c2ccc(Cl)cc2)cc1. The number of rotatable bonds is 5. The van der Waals surface area contributed by atoms with Crippen molar-refractivity contribution in [3.63, 3.8) is 0 Å². The van der Waals surface area contributed by atoms with E-state index < -0.39 is 27.5 Å². The summed E-state index contributed by atoms with van der Waals surface area (Å²) in [6, 6.07) is 12.6. The Hall–Kier alpha value is -1.85. The first-order chi connectivity index (χ1) is 10.3. The molecule has 1 N–H and O–H groups in total.